The van der Waals surface area contributed by atoms with E-state index in [2.05, 4.69) is 25.6 Å². The van der Waals surface area contributed by atoms with Gasteiger partial charge in [-0.15, -0.1) is 11.3 Å². The van der Waals surface area contributed by atoms with E-state index in [4.69, 9.17) is 0 Å². The third-order valence-corrected chi connectivity index (χ3v) is 8.72. The molecular formula is C23H25BrFN3O2S2. The van der Waals surface area contributed by atoms with Crippen molar-refractivity contribution in [3.63, 3.8) is 0 Å². The molecule has 1 fully saturated rings. The summed E-state index contributed by atoms with van der Waals surface area (Å²) in [4.78, 5) is 5.68. The van der Waals surface area contributed by atoms with Crippen molar-refractivity contribution >= 4 is 43.0 Å². The maximum atomic E-state index is 14.2. The van der Waals surface area contributed by atoms with Crippen LogP contribution in [-0.2, 0) is 10.0 Å². The van der Waals surface area contributed by atoms with Crippen molar-refractivity contribution < 1.29 is 12.8 Å². The van der Waals surface area contributed by atoms with Gasteiger partial charge in [0.15, 0.2) is 0 Å². The third-order valence-electron chi connectivity index (χ3n) is 5.67. The van der Waals surface area contributed by atoms with Crippen LogP contribution in [0.3, 0.4) is 0 Å². The number of piperazine rings is 1. The van der Waals surface area contributed by atoms with Gasteiger partial charge in [-0.2, -0.15) is 0 Å². The van der Waals surface area contributed by atoms with E-state index in [1.807, 2.05) is 35.4 Å². The zero-order valence-electron chi connectivity index (χ0n) is 17.6. The summed E-state index contributed by atoms with van der Waals surface area (Å²) >= 11 is 4.96. The Morgan fingerprint density at radius 2 is 1.69 bits per heavy atom. The first-order valence-electron chi connectivity index (χ1n) is 10.4. The highest BCUT2D eigenvalue weighted by Gasteiger charge is 2.33. The molecule has 9 heteroatoms. The molecule has 1 aliphatic rings. The number of para-hydroxylation sites is 1. The third kappa shape index (κ3) is 5.23. The molecule has 2 atom stereocenters. The Bertz CT molecular complexity index is 1130. The fourth-order valence-corrected chi connectivity index (χ4v) is 6.62. The van der Waals surface area contributed by atoms with Crippen LogP contribution in [0.2, 0.25) is 0 Å². The summed E-state index contributed by atoms with van der Waals surface area (Å²) < 4.78 is 43.9. The van der Waals surface area contributed by atoms with Gasteiger partial charge in [-0.1, -0.05) is 34.1 Å². The van der Waals surface area contributed by atoms with E-state index in [9.17, 15) is 12.8 Å². The lowest BCUT2D eigenvalue weighted by atomic mass is 10.1. The molecule has 0 amide bonds. The number of anilines is 1. The molecule has 170 valence electrons. The molecule has 2 heterocycles. The summed E-state index contributed by atoms with van der Waals surface area (Å²) in [5.74, 6) is -0.216. The predicted molar refractivity (Wildman–Crippen MR) is 131 cm³/mol. The number of rotatable bonds is 7. The van der Waals surface area contributed by atoms with Crippen LogP contribution in [0.5, 0.6) is 0 Å². The van der Waals surface area contributed by atoms with Crippen molar-refractivity contribution in [2.24, 2.45) is 0 Å². The average molecular weight is 539 g/mol. The molecule has 1 N–H and O–H groups in total. The second-order valence-corrected chi connectivity index (χ2v) is 11.4. The maximum absolute atomic E-state index is 14.2. The smallest absolute Gasteiger partial charge is 0.240 e. The van der Waals surface area contributed by atoms with E-state index in [1.54, 1.807) is 47.7 Å². The van der Waals surface area contributed by atoms with Crippen LogP contribution in [0.15, 0.2) is 75.4 Å². The van der Waals surface area contributed by atoms with Gasteiger partial charge < -0.3 is 4.90 Å². The van der Waals surface area contributed by atoms with Crippen LogP contribution >= 0.6 is 27.3 Å². The summed E-state index contributed by atoms with van der Waals surface area (Å²) in [5.41, 5.74) is 0.615. The first kappa shape index (κ1) is 23.4. The number of halogens is 2. The van der Waals surface area contributed by atoms with Crippen molar-refractivity contribution in [3.8, 4) is 0 Å². The van der Waals surface area contributed by atoms with Gasteiger partial charge in [0.1, 0.15) is 5.82 Å². The second-order valence-electron chi connectivity index (χ2n) is 7.80. The minimum atomic E-state index is -3.66. The Kier molecular flexibility index (Phi) is 7.31. The molecule has 0 radical (unpaired) electrons. The maximum Gasteiger partial charge on any atom is 0.240 e. The van der Waals surface area contributed by atoms with E-state index < -0.39 is 10.0 Å². The molecule has 0 aliphatic carbocycles. The molecule has 0 bridgehead atoms. The van der Waals surface area contributed by atoms with Gasteiger partial charge >= 0.3 is 0 Å². The van der Waals surface area contributed by atoms with Gasteiger partial charge in [0.2, 0.25) is 10.0 Å². The number of thiophene rings is 1. The second kappa shape index (κ2) is 10.0. The topological polar surface area (TPSA) is 52.7 Å². The highest BCUT2D eigenvalue weighted by Crippen LogP contribution is 2.31. The first-order valence-corrected chi connectivity index (χ1v) is 13.6. The zero-order valence-corrected chi connectivity index (χ0v) is 20.8. The molecular weight excluding hydrogens is 513 g/mol. The van der Waals surface area contributed by atoms with Gasteiger partial charge in [-0.25, -0.2) is 17.5 Å². The molecule has 1 saturated heterocycles. The highest BCUT2D eigenvalue weighted by molar-refractivity contribution is 9.10. The normalized spacial score (nSPS) is 17.3. The fourth-order valence-electron chi connectivity index (χ4n) is 4.14. The molecule has 1 aliphatic heterocycles. The molecule has 32 heavy (non-hydrogen) atoms. The lowest BCUT2D eigenvalue weighted by Gasteiger charge is -2.42. The molecule has 1 aromatic heterocycles. The van der Waals surface area contributed by atoms with Crippen molar-refractivity contribution in [1.82, 2.24) is 9.62 Å². The van der Waals surface area contributed by atoms with Crippen LogP contribution in [0.25, 0.3) is 0 Å². The SMILES string of the molecule is C[C@H](NS(=O)(=O)c1ccc(Br)cc1)[C@H](c1cccs1)N1CCN(c2ccccc2F)CC1. The van der Waals surface area contributed by atoms with Gasteiger partial charge in [0, 0.05) is 41.6 Å². The Balaban J connectivity index is 1.51. The Morgan fingerprint density at radius 3 is 2.31 bits per heavy atom. The zero-order chi connectivity index (χ0) is 22.7. The first-order chi connectivity index (χ1) is 15.3. The monoisotopic (exact) mass is 537 g/mol. The molecule has 0 spiro atoms. The fraction of sp³-hybridized carbons (Fsp3) is 0.304. The largest absolute Gasteiger partial charge is 0.367 e. The summed E-state index contributed by atoms with van der Waals surface area (Å²) in [6.45, 7) is 4.68. The number of nitrogens with zero attached hydrogens (tertiary/aromatic N) is 2. The Hall–Kier alpha value is -1.78. The minimum Gasteiger partial charge on any atom is -0.367 e. The van der Waals surface area contributed by atoms with E-state index in [-0.39, 0.29) is 22.8 Å². The standard InChI is InChI=1S/C23H25BrFN3O2S2/c1-17(26-32(29,30)19-10-8-18(24)9-11-19)23(22-7-4-16-31-22)28-14-12-27(13-15-28)21-6-3-2-5-20(21)25/h2-11,16-17,23,26H,12-15H2,1H3/t17-,23+/m0/s1. The number of sulfonamides is 1. The van der Waals surface area contributed by atoms with Crippen molar-refractivity contribution in [2.75, 3.05) is 31.1 Å². The van der Waals surface area contributed by atoms with Crippen LogP contribution in [0.4, 0.5) is 10.1 Å². The number of nitrogens with one attached hydrogen (secondary N) is 1. The van der Waals surface area contributed by atoms with E-state index in [0.717, 1.165) is 9.35 Å². The van der Waals surface area contributed by atoms with Gasteiger partial charge in [0.05, 0.1) is 16.6 Å². The number of benzene rings is 2. The van der Waals surface area contributed by atoms with E-state index in [0.29, 0.717) is 31.9 Å². The summed E-state index contributed by atoms with van der Waals surface area (Å²) in [7, 11) is -3.66. The van der Waals surface area contributed by atoms with E-state index >= 15 is 0 Å². The summed E-state index contributed by atoms with van der Waals surface area (Å²) in [6, 6.07) is 17.0. The number of hydrogen-bond donors (Lipinski definition) is 1. The lowest BCUT2D eigenvalue weighted by molar-refractivity contribution is 0.163. The van der Waals surface area contributed by atoms with Gasteiger partial charge in [-0.05, 0) is 54.8 Å². The Morgan fingerprint density at radius 1 is 1.00 bits per heavy atom. The summed E-state index contributed by atoms with van der Waals surface area (Å²) in [6.07, 6.45) is 0. The molecule has 2 aromatic carbocycles. The molecule has 0 unspecified atom stereocenters. The minimum absolute atomic E-state index is 0.108. The van der Waals surface area contributed by atoms with Crippen LogP contribution in [0.1, 0.15) is 17.8 Å². The van der Waals surface area contributed by atoms with Crippen LogP contribution in [-0.4, -0.2) is 45.5 Å². The summed E-state index contributed by atoms with van der Waals surface area (Å²) in [5, 5.41) is 2.01. The number of hydrogen-bond acceptors (Lipinski definition) is 5. The van der Waals surface area contributed by atoms with Gasteiger partial charge in [0.25, 0.3) is 0 Å². The Labute approximate surface area is 201 Å². The van der Waals surface area contributed by atoms with Crippen molar-refractivity contribution in [3.05, 3.63) is 81.2 Å². The van der Waals surface area contributed by atoms with Gasteiger partial charge in [-0.3, -0.25) is 4.90 Å². The average Bonchev–Trinajstić information content (AvgIpc) is 3.29. The predicted octanol–water partition coefficient (Wildman–Crippen LogP) is 4.88. The molecule has 3 aromatic rings. The molecule has 4 rings (SSSR count). The van der Waals surface area contributed by atoms with Crippen LogP contribution in [0, 0.1) is 5.82 Å². The van der Waals surface area contributed by atoms with Crippen molar-refractivity contribution in [2.45, 2.75) is 23.9 Å². The molecule has 0 saturated carbocycles. The lowest BCUT2D eigenvalue weighted by Crippen LogP contribution is -2.52. The highest BCUT2D eigenvalue weighted by atomic mass is 79.9. The van der Waals surface area contributed by atoms with Crippen LogP contribution < -0.4 is 9.62 Å². The molecule has 5 nitrogen and oxygen atoms in total. The quantitative estimate of drug-likeness (QED) is 0.466. The van der Waals surface area contributed by atoms with Crippen molar-refractivity contribution in [1.29, 1.82) is 0 Å². The van der Waals surface area contributed by atoms with E-state index in [1.165, 1.54) is 6.07 Å².